The number of hydrogen-bond donors (Lipinski definition) is 0. The third-order valence-electron chi connectivity index (χ3n) is 1.89. The van der Waals surface area contributed by atoms with Crippen LogP contribution in [0.25, 0.3) is 5.65 Å². The van der Waals surface area contributed by atoms with Gasteiger partial charge in [-0.25, -0.2) is 10.1 Å². The van der Waals surface area contributed by atoms with E-state index in [1.54, 1.807) is 6.20 Å². The quantitative estimate of drug-likeness (QED) is 0.625. The number of aryl methyl sites for hydroxylation is 1. The molecule has 0 aliphatic heterocycles. The lowest BCUT2D eigenvalue weighted by Crippen LogP contribution is -1.86. The number of hydrogen-bond acceptors (Lipinski definition) is 1. The lowest BCUT2D eigenvalue weighted by molar-refractivity contribution is 0.174. The first-order valence-corrected chi connectivity index (χ1v) is 3.83. The molecule has 0 bridgehead atoms. The van der Waals surface area contributed by atoms with E-state index in [9.17, 15) is 5.11 Å². The number of aromatic nitrogens is 2. The summed E-state index contributed by atoms with van der Waals surface area (Å²) in [5, 5.41) is 10.5. The lowest BCUT2D eigenvalue weighted by atomic mass is 10.4. The van der Waals surface area contributed by atoms with Gasteiger partial charge >= 0.3 is 0 Å². The Hall–Kier alpha value is -1.35. The lowest BCUT2D eigenvalue weighted by Gasteiger charge is -1.95. The van der Waals surface area contributed by atoms with Gasteiger partial charge in [-0.05, 0) is 19.1 Å². The van der Waals surface area contributed by atoms with E-state index in [1.165, 1.54) is 0 Å². The van der Waals surface area contributed by atoms with E-state index in [-0.39, 0.29) is 6.61 Å². The highest BCUT2D eigenvalue weighted by molar-refractivity contribution is 5.41. The summed E-state index contributed by atoms with van der Waals surface area (Å²) in [7, 11) is 0. The molecule has 0 aromatic carbocycles. The van der Waals surface area contributed by atoms with E-state index < -0.39 is 0 Å². The van der Waals surface area contributed by atoms with Crippen LogP contribution in [0, 0.1) is 6.92 Å². The molecule has 0 atom stereocenters. The van der Waals surface area contributed by atoms with Gasteiger partial charge in [0, 0.05) is 11.9 Å². The van der Waals surface area contributed by atoms with Crippen molar-refractivity contribution in [1.82, 2.24) is 9.38 Å². The molecule has 2 heterocycles. The summed E-state index contributed by atoms with van der Waals surface area (Å²) in [4.78, 5) is 4.14. The van der Waals surface area contributed by atoms with Gasteiger partial charge in [-0.3, -0.25) is 0 Å². The Labute approximate surface area is 70.3 Å². The van der Waals surface area contributed by atoms with E-state index >= 15 is 0 Å². The van der Waals surface area contributed by atoms with Crippen molar-refractivity contribution in [3.8, 4) is 0 Å². The zero-order valence-corrected chi connectivity index (χ0v) is 6.82. The molecule has 3 nitrogen and oxygen atoms in total. The maximum absolute atomic E-state index is 10.5. The van der Waals surface area contributed by atoms with Gasteiger partial charge in [-0.15, -0.1) is 0 Å². The number of rotatable bonds is 1. The van der Waals surface area contributed by atoms with Crippen molar-refractivity contribution >= 4 is 5.65 Å². The second kappa shape index (κ2) is 2.60. The molecule has 0 unspecified atom stereocenters. The van der Waals surface area contributed by atoms with Crippen molar-refractivity contribution in [1.29, 1.82) is 0 Å². The molecule has 2 rings (SSSR count). The molecule has 2 aromatic heterocycles. The summed E-state index contributed by atoms with van der Waals surface area (Å²) < 4.78 is 1.92. The molecular formula is C9H9N2O. The van der Waals surface area contributed by atoms with Crippen LogP contribution in [-0.2, 0) is 11.7 Å². The molecule has 12 heavy (non-hydrogen) atoms. The SMILES string of the molecule is Cc1cccc2nc(C[O])cn12. The zero-order chi connectivity index (χ0) is 8.55. The Morgan fingerprint density at radius 3 is 3.00 bits per heavy atom. The van der Waals surface area contributed by atoms with E-state index in [0.717, 1.165) is 11.3 Å². The summed E-state index contributed by atoms with van der Waals surface area (Å²) in [5.41, 5.74) is 2.55. The molecule has 0 saturated heterocycles. The van der Waals surface area contributed by atoms with Crippen LogP contribution in [0.2, 0.25) is 0 Å². The third kappa shape index (κ3) is 0.987. The van der Waals surface area contributed by atoms with E-state index in [4.69, 9.17) is 0 Å². The summed E-state index contributed by atoms with van der Waals surface area (Å²) in [6, 6.07) is 5.82. The number of pyridine rings is 1. The van der Waals surface area contributed by atoms with Gasteiger partial charge in [0.05, 0.1) is 5.69 Å². The van der Waals surface area contributed by atoms with Gasteiger partial charge in [-0.1, -0.05) is 6.07 Å². The smallest absolute Gasteiger partial charge is 0.137 e. The molecule has 0 saturated carbocycles. The first-order chi connectivity index (χ1) is 5.81. The fourth-order valence-electron chi connectivity index (χ4n) is 1.27. The average molecular weight is 161 g/mol. The van der Waals surface area contributed by atoms with Gasteiger partial charge in [0.1, 0.15) is 12.3 Å². The number of nitrogens with zero attached hydrogens (tertiary/aromatic N) is 2. The van der Waals surface area contributed by atoms with Crippen LogP contribution in [0.5, 0.6) is 0 Å². The molecule has 0 amide bonds. The van der Waals surface area contributed by atoms with E-state index in [2.05, 4.69) is 4.98 Å². The van der Waals surface area contributed by atoms with Gasteiger partial charge in [0.25, 0.3) is 0 Å². The summed E-state index contributed by atoms with van der Waals surface area (Å²) in [6.07, 6.45) is 1.79. The Morgan fingerprint density at radius 2 is 2.33 bits per heavy atom. The standard InChI is InChI=1S/C9H9N2O/c1-7-3-2-4-9-10-8(6-12)5-11(7)9/h2-5H,6H2,1H3. The average Bonchev–Trinajstić information content (AvgIpc) is 2.49. The molecular weight excluding hydrogens is 152 g/mol. The summed E-state index contributed by atoms with van der Waals surface area (Å²) >= 11 is 0. The molecule has 61 valence electrons. The minimum absolute atomic E-state index is 0.249. The Balaban J connectivity index is 2.74. The van der Waals surface area contributed by atoms with Crippen LogP contribution in [0.3, 0.4) is 0 Å². The van der Waals surface area contributed by atoms with E-state index in [0.29, 0.717) is 5.69 Å². The molecule has 1 radical (unpaired) electrons. The number of fused-ring (bicyclic) bond motifs is 1. The molecule has 0 N–H and O–H groups in total. The van der Waals surface area contributed by atoms with Crippen LogP contribution < -0.4 is 0 Å². The summed E-state index contributed by atoms with van der Waals surface area (Å²) in [5.74, 6) is 0. The van der Waals surface area contributed by atoms with Crippen LogP contribution in [-0.4, -0.2) is 9.38 Å². The minimum atomic E-state index is -0.249. The predicted octanol–water partition coefficient (Wildman–Crippen LogP) is 1.57. The van der Waals surface area contributed by atoms with Gasteiger partial charge in [0.15, 0.2) is 0 Å². The zero-order valence-electron chi connectivity index (χ0n) is 6.82. The van der Waals surface area contributed by atoms with Crippen molar-refractivity contribution in [2.75, 3.05) is 0 Å². The fraction of sp³-hybridized carbons (Fsp3) is 0.222. The Morgan fingerprint density at radius 1 is 1.50 bits per heavy atom. The summed E-state index contributed by atoms with van der Waals surface area (Å²) in [6.45, 7) is 1.74. The molecule has 2 aromatic rings. The highest BCUT2D eigenvalue weighted by Gasteiger charge is 2.00. The Bertz CT molecular complexity index is 406. The predicted molar refractivity (Wildman–Crippen MR) is 44.3 cm³/mol. The largest absolute Gasteiger partial charge is 0.304 e. The van der Waals surface area contributed by atoms with Crippen LogP contribution >= 0.6 is 0 Å². The third-order valence-corrected chi connectivity index (χ3v) is 1.89. The maximum atomic E-state index is 10.5. The molecule has 0 aliphatic carbocycles. The monoisotopic (exact) mass is 161 g/mol. The highest BCUT2D eigenvalue weighted by Crippen LogP contribution is 2.07. The van der Waals surface area contributed by atoms with Crippen molar-refractivity contribution < 1.29 is 5.11 Å². The fourth-order valence-corrected chi connectivity index (χ4v) is 1.27. The van der Waals surface area contributed by atoms with E-state index in [1.807, 2.05) is 29.5 Å². The van der Waals surface area contributed by atoms with Crippen molar-refractivity contribution in [3.63, 3.8) is 0 Å². The topological polar surface area (TPSA) is 37.2 Å². The van der Waals surface area contributed by atoms with Gasteiger partial charge in [-0.2, -0.15) is 0 Å². The molecule has 0 fully saturated rings. The molecule has 0 aliphatic rings. The minimum Gasteiger partial charge on any atom is -0.304 e. The normalized spacial score (nSPS) is 10.8. The van der Waals surface area contributed by atoms with Crippen LogP contribution in [0.1, 0.15) is 11.4 Å². The highest BCUT2D eigenvalue weighted by atomic mass is 16.3. The molecule has 3 heteroatoms. The van der Waals surface area contributed by atoms with Crippen LogP contribution in [0.4, 0.5) is 0 Å². The number of imidazole rings is 1. The van der Waals surface area contributed by atoms with Crippen LogP contribution in [0.15, 0.2) is 24.4 Å². The second-order valence-corrected chi connectivity index (χ2v) is 2.77. The first-order valence-electron chi connectivity index (χ1n) is 3.83. The van der Waals surface area contributed by atoms with Crippen molar-refractivity contribution in [2.45, 2.75) is 13.5 Å². The second-order valence-electron chi connectivity index (χ2n) is 2.77. The first kappa shape index (κ1) is 7.31. The Kier molecular flexibility index (Phi) is 1.59. The maximum Gasteiger partial charge on any atom is 0.137 e. The molecule has 0 spiro atoms. The van der Waals surface area contributed by atoms with Gasteiger partial charge < -0.3 is 4.40 Å². The van der Waals surface area contributed by atoms with Gasteiger partial charge in [0.2, 0.25) is 0 Å². The van der Waals surface area contributed by atoms with Crippen molar-refractivity contribution in [3.05, 3.63) is 35.8 Å². The van der Waals surface area contributed by atoms with Crippen molar-refractivity contribution in [2.24, 2.45) is 0 Å².